The molecule has 0 saturated heterocycles. The summed E-state index contributed by atoms with van der Waals surface area (Å²) in [6, 6.07) is 0. The van der Waals surface area contributed by atoms with Crippen LogP contribution < -0.4 is 0 Å². The quantitative estimate of drug-likeness (QED) is 0.0429. The number of rotatable bonds is 33. The highest BCUT2D eigenvalue weighted by atomic mass is 16.6. The van der Waals surface area contributed by atoms with Gasteiger partial charge in [0, 0.05) is 12.8 Å². The average Bonchev–Trinajstić information content (AvgIpc) is 3.09. The molecule has 0 aliphatic rings. The Kier molecular flexibility index (Phi) is 36.2. The van der Waals surface area contributed by atoms with Crippen LogP contribution in [0, 0.1) is 0 Å². The zero-order valence-electron chi connectivity index (χ0n) is 30.7. The van der Waals surface area contributed by atoms with Gasteiger partial charge in [-0.1, -0.05) is 137 Å². The highest BCUT2D eigenvalue weighted by molar-refractivity contribution is 5.70. The van der Waals surface area contributed by atoms with E-state index in [1.54, 1.807) is 0 Å². The monoisotopic (exact) mass is 667 g/mol. The molecule has 5 nitrogen and oxygen atoms in total. The normalized spacial score (nSPS) is 13.1. The molecule has 48 heavy (non-hydrogen) atoms. The molecule has 0 aromatic rings. The van der Waals surface area contributed by atoms with E-state index in [4.69, 9.17) is 9.47 Å². The second-order valence-electron chi connectivity index (χ2n) is 12.3. The molecule has 0 amide bonds. The van der Waals surface area contributed by atoms with E-state index in [1.807, 2.05) is 0 Å². The first kappa shape index (κ1) is 45.1. The van der Waals surface area contributed by atoms with E-state index in [9.17, 15) is 14.7 Å². The summed E-state index contributed by atoms with van der Waals surface area (Å²) in [4.78, 5) is 24.2. The van der Waals surface area contributed by atoms with Crippen LogP contribution in [0.3, 0.4) is 0 Å². The number of allylic oxidation sites excluding steroid dienone is 14. The summed E-state index contributed by atoms with van der Waals surface area (Å²) in [7, 11) is 0. The number of aliphatic hydroxyl groups excluding tert-OH is 1. The fourth-order valence-electron chi connectivity index (χ4n) is 4.78. The molecule has 272 valence electrons. The molecule has 0 rings (SSSR count). The van der Waals surface area contributed by atoms with Crippen LogP contribution in [0.15, 0.2) is 85.1 Å². The molecule has 0 heterocycles. The Labute approximate surface area is 295 Å². The largest absolute Gasteiger partial charge is 0.462 e. The molecule has 1 atom stereocenters. The van der Waals surface area contributed by atoms with Gasteiger partial charge in [-0.15, -0.1) is 0 Å². The van der Waals surface area contributed by atoms with Gasteiger partial charge >= 0.3 is 11.9 Å². The minimum atomic E-state index is -0.800. The number of carbonyl (C=O) groups excluding carboxylic acids is 2. The van der Waals surface area contributed by atoms with Gasteiger partial charge in [0.05, 0.1) is 6.61 Å². The van der Waals surface area contributed by atoms with E-state index in [1.165, 1.54) is 32.1 Å². The second-order valence-corrected chi connectivity index (χ2v) is 12.3. The molecular formula is C43H70O5. The van der Waals surface area contributed by atoms with Gasteiger partial charge in [0.15, 0.2) is 6.10 Å². The lowest BCUT2D eigenvalue weighted by Crippen LogP contribution is -2.28. The minimum absolute atomic E-state index is 0.0932. The number of hydrogen-bond acceptors (Lipinski definition) is 5. The molecule has 0 fully saturated rings. The SMILES string of the molecule is CCC=CCC=CCC=CCCCCCCCC(=O)OC[C@H](CO)OC(=O)CCCCCC=CCC=CCC=CCC=CCCCCC. The molecule has 0 saturated carbocycles. The van der Waals surface area contributed by atoms with Crippen LogP contribution in [0.4, 0.5) is 0 Å². The second kappa shape index (κ2) is 38.5. The Hall–Kier alpha value is -2.92. The Morgan fingerprint density at radius 3 is 1.38 bits per heavy atom. The zero-order valence-corrected chi connectivity index (χ0v) is 30.7. The van der Waals surface area contributed by atoms with Crippen LogP contribution in [-0.4, -0.2) is 36.4 Å². The molecular weight excluding hydrogens is 596 g/mol. The summed E-state index contributed by atoms with van der Waals surface area (Å²) in [6.07, 6.45) is 52.1. The van der Waals surface area contributed by atoms with Crippen molar-refractivity contribution in [2.75, 3.05) is 13.2 Å². The van der Waals surface area contributed by atoms with E-state index in [0.29, 0.717) is 12.8 Å². The third kappa shape index (κ3) is 35.9. The van der Waals surface area contributed by atoms with Gasteiger partial charge in [-0.3, -0.25) is 9.59 Å². The predicted octanol–water partition coefficient (Wildman–Crippen LogP) is 11.9. The Balaban J connectivity index is 3.70. The molecule has 0 unspecified atom stereocenters. The van der Waals surface area contributed by atoms with Crippen molar-refractivity contribution >= 4 is 11.9 Å². The number of carbonyl (C=O) groups is 2. The molecule has 0 aliphatic carbocycles. The summed E-state index contributed by atoms with van der Waals surface area (Å²) in [5, 5.41) is 9.54. The van der Waals surface area contributed by atoms with Crippen LogP contribution in [0.2, 0.25) is 0 Å². The van der Waals surface area contributed by atoms with Crippen molar-refractivity contribution in [2.45, 2.75) is 161 Å². The van der Waals surface area contributed by atoms with E-state index >= 15 is 0 Å². The summed E-state index contributed by atoms with van der Waals surface area (Å²) in [5.74, 6) is -0.656. The summed E-state index contributed by atoms with van der Waals surface area (Å²) in [5.41, 5.74) is 0. The van der Waals surface area contributed by atoms with Crippen molar-refractivity contribution in [2.24, 2.45) is 0 Å². The first-order chi connectivity index (χ1) is 23.6. The summed E-state index contributed by atoms with van der Waals surface area (Å²) < 4.78 is 10.6. The van der Waals surface area contributed by atoms with E-state index in [2.05, 4.69) is 98.9 Å². The van der Waals surface area contributed by atoms with Gasteiger partial charge in [-0.25, -0.2) is 0 Å². The van der Waals surface area contributed by atoms with Crippen molar-refractivity contribution in [1.82, 2.24) is 0 Å². The number of esters is 2. The third-order valence-electron chi connectivity index (χ3n) is 7.67. The lowest BCUT2D eigenvalue weighted by atomic mass is 10.1. The van der Waals surface area contributed by atoms with Crippen molar-refractivity contribution in [3.8, 4) is 0 Å². The van der Waals surface area contributed by atoms with Gasteiger partial charge in [0.25, 0.3) is 0 Å². The lowest BCUT2D eigenvalue weighted by Gasteiger charge is -2.15. The molecule has 0 radical (unpaired) electrons. The molecule has 5 heteroatoms. The highest BCUT2D eigenvalue weighted by Crippen LogP contribution is 2.10. The maximum Gasteiger partial charge on any atom is 0.306 e. The highest BCUT2D eigenvalue weighted by Gasteiger charge is 2.16. The first-order valence-electron chi connectivity index (χ1n) is 19.1. The Bertz CT molecular complexity index is 937. The fourth-order valence-corrected chi connectivity index (χ4v) is 4.78. The van der Waals surface area contributed by atoms with Gasteiger partial charge in [-0.2, -0.15) is 0 Å². The van der Waals surface area contributed by atoms with Gasteiger partial charge in [-0.05, 0) is 89.9 Å². The first-order valence-corrected chi connectivity index (χ1v) is 19.1. The van der Waals surface area contributed by atoms with Gasteiger partial charge in [0.2, 0.25) is 0 Å². The zero-order chi connectivity index (χ0) is 35.0. The van der Waals surface area contributed by atoms with E-state index in [-0.39, 0.29) is 25.2 Å². The number of ether oxygens (including phenoxy) is 2. The third-order valence-corrected chi connectivity index (χ3v) is 7.67. The summed E-state index contributed by atoms with van der Waals surface area (Å²) >= 11 is 0. The molecule has 0 aromatic carbocycles. The maximum absolute atomic E-state index is 12.2. The topological polar surface area (TPSA) is 72.8 Å². The average molecular weight is 667 g/mol. The van der Waals surface area contributed by atoms with Crippen LogP contribution in [0.1, 0.15) is 155 Å². The number of hydrogen-bond donors (Lipinski definition) is 1. The van der Waals surface area contributed by atoms with E-state index in [0.717, 1.165) is 96.3 Å². The minimum Gasteiger partial charge on any atom is -0.462 e. The van der Waals surface area contributed by atoms with Crippen LogP contribution in [-0.2, 0) is 19.1 Å². The smallest absolute Gasteiger partial charge is 0.306 e. The molecule has 1 N–H and O–H groups in total. The van der Waals surface area contributed by atoms with Crippen LogP contribution >= 0.6 is 0 Å². The van der Waals surface area contributed by atoms with Gasteiger partial charge < -0.3 is 14.6 Å². The molecule has 0 aromatic heterocycles. The van der Waals surface area contributed by atoms with Gasteiger partial charge in [0.1, 0.15) is 6.61 Å². The van der Waals surface area contributed by atoms with Crippen molar-refractivity contribution in [1.29, 1.82) is 0 Å². The molecule has 0 aliphatic heterocycles. The fraction of sp³-hybridized carbons (Fsp3) is 0.628. The number of unbranched alkanes of at least 4 members (excludes halogenated alkanes) is 11. The van der Waals surface area contributed by atoms with Crippen molar-refractivity contribution in [3.05, 3.63) is 85.1 Å². The molecule has 0 bridgehead atoms. The van der Waals surface area contributed by atoms with E-state index < -0.39 is 6.10 Å². The lowest BCUT2D eigenvalue weighted by molar-refractivity contribution is -0.161. The van der Waals surface area contributed by atoms with Crippen LogP contribution in [0.25, 0.3) is 0 Å². The van der Waals surface area contributed by atoms with Crippen molar-refractivity contribution in [3.63, 3.8) is 0 Å². The molecule has 0 spiro atoms. The maximum atomic E-state index is 12.2. The standard InChI is InChI=1S/C43H70O5/c1-3-5-7-9-11-13-15-17-19-20-21-22-24-26-28-30-32-34-36-38-43(46)48-41(39-44)40-47-42(45)37-35-33-31-29-27-25-23-18-16-14-12-10-8-6-4-2/h6,8,11-14,17-19,21-23,26,28,41,44H,3-5,7,9-10,15-16,20,24-25,27,29-40H2,1-2H3/t41-/m0/s1. The number of aliphatic hydroxyl groups is 1. The predicted molar refractivity (Wildman–Crippen MR) is 205 cm³/mol. The Morgan fingerprint density at radius 1 is 0.500 bits per heavy atom. The van der Waals surface area contributed by atoms with Crippen molar-refractivity contribution < 1.29 is 24.2 Å². The Morgan fingerprint density at radius 2 is 0.896 bits per heavy atom. The van der Waals surface area contributed by atoms with Crippen LogP contribution in [0.5, 0.6) is 0 Å². The summed E-state index contributed by atoms with van der Waals surface area (Å²) in [6.45, 7) is 3.93.